The van der Waals surface area contributed by atoms with Gasteiger partial charge in [-0.1, -0.05) is 6.92 Å². The number of ether oxygens (including phenoxy) is 2. The third-order valence-electron chi connectivity index (χ3n) is 4.56. The van der Waals surface area contributed by atoms with Gasteiger partial charge in [0.2, 0.25) is 0 Å². The quantitative estimate of drug-likeness (QED) is 0.926. The summed E-state index contributed by atoms with van der Waals surface area (Å²) >= 11 is 0. The van der Waals surface area contributed by atoms with Crippen LogP contribution in [0, 0.1) is 11.7 Å². The van der Waals surface area contributed by atoms with E-state index in [-0.39, 0.29) is 17.5 Å². The van der Waals surface area contributed by atoms with Crippen LogP contribution < -0.4 is 5.32 Å². The van der Waals surface area contributed by atoms with E-state index >= 15 is 0 Å². The fourth-order valence-electron chi connectivity index (χ4n) is 3.52. The second-order valence-corrected chi connectivity index (χ2v) is 6.02. The summed E-state index contributed by atoms with van der Waals surface area (Å²) in [6.45, 7) is 5.19. The fourth-order valence-corrected chi connectivity index (χ4v) is 3.52. The second-order valence-electron chi connectivity index (χ2n) is 6.02. The average Bonchev–Trinajstić information content (AvgIpc) is 2.94. The number of hydrogen-bond acceptors (Lipinski definition) is 4. The largest absolute Gasteiger partial charge is 0.378 e. The summed E-state index contributed by atoms with van der Waals surface area (Å²) in [6.07, 6.45) is 4.24. The molecule has 2 fully saturated rings. The topological polar surface area (TPSA) is 43.4 Å². The van der Waals surface area contributed by atoms with E-state index in [1.165, 1.54) is 12.3 Å². The Balaban J connectivity index is 1.78. The van der Waals surface area contributed by atoms with E-state index in [0.717, 1.165) is 44.7 Å². The molecule has 0 aliphatic carbocycles. The van der Waals surface area contributed by atoms with Crippen molar-refractivity contribution in [2.24, 2.45) is 5.92 Å². The zero-order chi connectivity index (χ0) is 14.7. The molecule has 0 bridgehead atoms. The Labute approximate surface area is 125 Å². The number of pyridine rings is 1. The maximum Gasteiger partial charge on any atom is 0.141 e. The highest BCUT2D eigenvalue weighted by Crippen LogP contribution is 2.40. The van der Waals surface area contributed by atoms with Crippen LogP contribution in [0.25, 0.3) is 0 Å². The van der Waals surface area contributed by atoms with Crippen LogP contribution >= 0.6 is 0 Å². The van der Waals surface area contributed by atoms with Gasteiger partial charge in [0.1, 0.15) is 5.82 Å². The maximum atomic E-state index is 13.1. The summed E-state index contributed by atoms with van der Waals surface area (Å²) in [5.74, 6) is 0.153. The summed E-state index contributed by atoms with van der Waals surface area (Å²) in [6, 6.07) is 3.42. The maximum absolute atomic E-state index is 13.1. The van der Waals surface area contributed by atoms with Crippen molar-refractivity contribution in [3.63, 3.8) is 0 Å². The summed E-state index contributed by atoms with van der Waals surface area (Å²) in [4.78, 5) is 4.28. The molecule has 3 atom stereocenters. The van der Waals surface area contributed by atoms with Crippen LogP contribution in [0.4, 0.5) is 4.39 Å². The molecule has 116 valence electrons. The Kier molecular flexibility index (Phi) is 4.52. The summed E-state index contributed by atoms with van der Waals surface area (Å²) < 4.78 is 24.6. The molecule has 2 aliphatic heterocycles. The molecule has 0 radical (unpaired) electrons. The molecule has 3 rings (SSSR count). The van der Waals surface area contributed by atoms with Crippen molar-refractivity contribution >= 4 is 0 Å². The van der Waals surface area contributed by atoms with Crippen molar-refractivity contribution < 1.29 is 13.9 Å². The lowest BCUT2D eigenvalue weighted by atomic mass is 9.80. The SMILES string of the molecule is CCNC(c1ccc(F)cn1)C1CCOC2(CCOC2)C1. The molecule has 1 spiro atoms. The van der Waals surface area contributed by atoms with Gasteiger partial charge in [-0.05, 0) is 37.4 Å². The Bertz CT molecular complexity index is 460. The van der Waals surface area contributed by atoms with E-state index in [2.05, 4.69) is 17.2 Å². The van der Waals surface area contributed by atoms with Crippen LogP contribution in [0.15, 0.2) is 18.3 Å². The predicted molar refractivity (Wildman–Crippen MR) is 77.5 cm³/mol. The molecule has 5 heteroatoms. The van der Waals surface area contributed by atoms with E-state index in [0.29, 0.717) is 12.5 Å². The van der Waals surface area contributed by atoms with E-state index < -0.39 is 0 Å². The molecule has 3 heterocycles. The zero-order valence-electron chi connectivity index (χ0n) is 12.5. The minimum absolute atomic E-state index is 0.114. The normalized spacial score (nSPS) is 30.7. The first-order valence-corrected chi connectivity index (χ1v) is 7.79. The molecule has 4 nitrogen and oxygen atoms in total. The average molecular weight is 294 g/mol. The first kappa shape index (κ1) is 14.9. The van der Waals surface area contributed by atoms with Crippen molar-refractivity contribution in [2.75, 3.05) is 26.4 Å². The Morgan fingerprint density at radius 1 is 1.48 bits per heavy atom. The molecule has 1 aromatic rings. The third-order valence-corrected chi connectivity index (χ3v) is 4.56. The van der Waals surface area contributed by atoms with Gasteiger partial charge in [-0.25, -0.2) is 4.39 Å². The summed E-state index contributed by atoms with van der Waals surface area (Å²) in [5, 5.41) is 3.51. The molecule has 0 saturated carbocycles. The number of hydrogen-bond donors (Lipinski definition) is 1. The van der Waals surface area contributed by atoms with Crippen LogP contribution in [0.5, 0.6) is 0 Å². The lowest BCUT2D eigenvalue weighted by Crippen LogP contribution is -2.44. The van der Waals surface area contributed by atoms with E-state index in [1.54, 1.807) is 6.07 Å². The number of halogens is 1. The predicted octanol–water partition coefficient (Wildman–Crippen LogP) is 2.46. The first-order chi connectivity index (χ1) is 10.2. The summed E-state index contributed by atoms with van der Waals surface area (Å²) in [5.41, 5.74) is 0.801. The molecule has 1 N–H and O–H groups in total. The Morgan fingerprint density at radius 3 is 3.05 bits per heavy atom. The van der Waals surface area contributed by atoms with Gasteiger partial charge < -0.3 is 14.8 Å². The van der Waals surface area contributed by atoms with E-state index in [9.17, 15) is 4.39 Å². The van der Waals surface area contributed by atoms with Crippen molar-refractivity contribution in [3.05, 3.63) is 29.8 Å². The molecule has 2 aliphatic rings. The number of nitrogens with one attached hydrogen (secondary N) is 1. The van der Waals surface area contributed by atoms with Gasteiger partial charge in [0.25, 0.3) is 0 Å². The molecular formula is C16H23FN2O2. The van der Waals surface area contributed by atoms with Crippen LogP contribution in [0.3, 0.4) is 0 Å². The smallest absolute Gasteiger partial charge is 0.141 e. The van der Waals surface area contributed by atoms with Crippen molar-refractivity contribution in [2.45, 2.75) is 37.8 Å². The number of rotatable bonds is 4. The zero-order valence-corrected chi connectivity index (χ0v) is 12.5. The third kappa shape index (κ3) is 3.25. The highest BCUT2D eigenvalue weighted by atomic mass is 19.1. The number of nitrogens with zero attached hydrogens (tertiary/aromatic N) is 1. The van der Waals surface area contributed by atoms with Gasteiger partial charge >= 0.3 is 0 Å². The van der Waals surface area contributed by atoms with Gasteiger partial charge in [0.05, 0.1) is 30.1 Å². The molecule has 0 amide bonds. The van der Waals surface area contributed by atoms with E-state index in [4.69, 9.17) is 9.47 Å². The van der Waals surface area contributed by atoms with Crippen molar-refractivity contribution in [1.82, 2.24) is 10.3 Å². The van der Waals surface area contributed by atoms with Gasteiger partial charge in [-0.15, -0.1) is 0 Å². The second kappa shape index (κ2) is 6.38. The van der Waals surface area contributed by atoms with Crippen LogP contribution in [-0.4, -0.2) is 37.0 Å². The standard InChI is InChI=1S/C16H23FN2O2/c1-2-18-15(14-4-3-13(17)10-19-14)12-5-7-21-16(9-12)6-8-20-11-16/h3-4,10,12,15,18H,2,5-9,11H2,1H3. The minimum atomic E-state index is -0.290. The Hall–Kier alpha value is -1.04. The lowest BCUT2D eigenvalue weighted by molar-refractivity contribution is -0.103. The highest BCUT2D eigenvalue weighted by molar-refractivity contribution is 5.12. The van der Waals surface area contributed by atoms with Crippen LogP contribution in [0.2, 0.25) is 0 Å². The minimum Gasteiger partial charge on any atom is -0.378 e. The molecule has 2 saturated heterocycles. The molecule has 0 aromatic carbocycles. The monoisotopic (exact) mass is 294 g/mol. The Morgan fingerprint density at radius 2 is 2.38 bits per heavy atom. The van der Waals surface area contributed by atoms with Crippen molar-refractivity contribution in [3.8, 4) is 0 Å². The molecular weight excluding hydrogens is 271 g/mol. The van der Waals surface area contributed by atoms with Crippen LogP contribution in [-0.2, 0) is 9.47 Å². The lowest BCUT2D eigenvalue weighted by Gasteiger charge is -2.40. The molecule has 21 heavy (non-hydrogen) atoms. The molecule has 3 unspecified atom stereocenters. The highest BCUT2D eigenvalue weighted by Gasteiger charge is 2.43. The number of aromatic nitrogens is 1. The molecule has 1 aromatic heterocycles. The summed E-state index contributed by atoms with van der Waals surface area (Å²) in [7, 11) is 0. The fraction of sp³-hybridized carbons (Fsp3) is 0.688. The van der Waals surface area contributed by atoms with Gasteiger partial charge in [-0.3, -0.25) is 4.98 Å². The van der Waals surface area contributed by atoms with E-state index in [1.807, 2.05) is 0 Å². The van der Waals surface area contributed by atoms with Gasteiger partial charge in [0, 0.05) is 19.6 Å². The van der Waals surface area contributed by atoms with Gasteiger partial charge in [0.15, 0.2) is 0 Å². The van der Waals surface area contributed by atoms with Crippen molar-refractivity contribution in [1.29, 1.82) is 0 Å². The first-order valence-electron chi connectivity index (χ1n) is 7.79. The van der Waals surface area contributed by atoms with Gasteiger partial charge in [-0.2, -0.15) is 0 Å². The van der Waals surface area contributed by atoms with Crippen LogP contribution in [0.1, 0.15) is 37.9 Å².